The standard InChI is InChI=1S/C14H15NOS2/c1-4-11(16)13-12(9(2)14(17-3)18-13)10-6-5-7-15-8-10/h5-8H,4H2,1-3H3. The first-order chi connectivity index (χ1) is 8.69. The van der Waals surface area contributed by atoms with Crippen LogP contribution in [0.15, 0.2) is 28.7 Å². The number of thiophene rings is 1. The molecular formula is C14H15NOS2. The highest BCUT2D eigenvalue weighted by Crippen LogP contribution is 2.40. The zero-order valence-electron chi connectivity index (χ0n) is 10.7. The largest absolute Gasteiger partial charge is 0.293 e. The molecule has 0 aromatic carbocycles. The average Bonchev–Trinajstić information content (AvgIpc) is 2.75. The maximum absolute atomic E-state index is 12.1. The van der Waals surface area contributed by atoms with E-state index in [0.717, 1.165) is 16.0 Å². The van der Waals surface area contributed by atoms with Gasteiger partial charge in [-0.15, -0.1) is 23.1 Å². The third-order valence-corrected chi connectivity index (χ3v) is 5.37. The van der Waals surface area contributed by atoms with Crippen LogP contribution in [0.4, 0.5) is 0 Å². The first-order valence-electron chi connectivity index (χ1n) is 5.80. The van der Waals surface area contributed by atoms with Gasteiger partial charge in [0.05, 0.1) is 9.09 Å². The zero-order valence-corrected chi connectivity index (χ0v) is 12.3. The maximum atomic E-state index is 12.1. The summed E-state index contributed by atoms with van der Waals surface area (Å²) in [4.78, 5) is 17.1. The quantitative estimate of drug-likeness (QED) is 0.611. The molecule has 2 aromatic heterocycles. The van der Waals surface area contributed by atoms with Gasteiger partial charge in [-0.05, 0) is 24.8 Å². The van der Waals surface area contributed by atoms with Crippen LogP contribution in [0, 0.1) is 6.92 Å². The summed E-state index contributed by atoms with van der Waals surface area (Å²) in [5.41, 5.74) is 3.28. The lowest BCUT2D eigenvalue weighted by molar-refractivity contribution is 0.0992. The Labute approximate surface area is 115 Å². The molecule has 0 atom stereocenters. The Morgan fingerprint density at radius 3 is 2.83 bits per heavy atom. The number of nitrogens with zero attached hydrogens (tertiary/aromatic N) is 1. The number of pyridine rings is 1. The first-order valence-corrected chi connectivity index (χ1v) is 7.84. The molecular weight excluding hydrogens is 262 g/mol. The SMILES string of the molecule is CCC(=O)c1sc(SC)c(C)c1-c1cccnc1. The zero-order chi connectivity index (χ0) is 13.1. The Morgan fingerprint density at radius 1 is 1.50 bits per heavy atom. The summed E-state index contributed by atoms with van der Waals surface area (Å²) in [5, 5.41) is 0. The molecule has 2 aromatic rings. The van der Waals surface area contributed by atoms with Crippen molar-refractivity contribution in [2.75, 3.05) is 6.26 Å². The Morgan fingerprint density at radius 2 is 2.28 bits per heavy atom. The van der Waals surface area contributed by atoms with Crippen LogP contribution in [0.1, 0.15) is 28.6 Å². The van der Waals surface area contributed by atoms with Gasteiger partial charge in [0.2, 0.25) is 0 Å². The third-order valence-electron chi connectivity index (χ3n) is 2.81. The summed E-state index contributed by atoms with van der Waals surface area (Å²) in [6.07, 6.45) is 6.17. The van der Waals surface area contributed by atoms with Gasteiger partial charge in [-0.3, -0.25) is 9.78 Å². The number of thioether (sulfide) groups is 1. The second-order valence-electron chi connectivity index (χ2n) is 3.94. The fourth-order valence-electron chi connectivity index (χ4n) is 1.90. The fraction of sp³-hybridized carbons (Fsp3) is 0.286. The molecule has 0 aliphatic heterocycles. The third kappa shape index (κ3) is 2.35. The van der Waals surface area contributed by atoms with Gasteiger partial charge in [-0.2, -0.15) is 0 Å². The van der Waals surface area contributed by atoms with E-state index in [0.29, 0.717) is 6.42 Å². The molecule has 0 saturated heterocycles. The van der Waals surface area contributed by atoms with Crippen molar-refractivity contribution < 1.29 is 4.79 Å². The van der Waals surface area contributed by atoms with Crippen LogP contribution in [0.2, 0.25) is 0 Å². The van der Waals surface area contributed by atoms with E-state index >= 15 is 0 Å². The van der Waals surface area contributed by atoms with E-state index in [1.165, 1.54) is 9.77 Å². The molecule has 94 valence electrons. The number of hydrogen-bond acceptors (Lipinski definition) is 4. The van der Waals surface area contributed by atoms with Gasteiger partial charge in [0.1, 0.15) is 0 Å². The lowest BCUT2D eigenvalue weighted by Crippen LogP contribution is -1.96. The molecule has 0 aliphatic rings. The van der Waals surface area contributed by atoms with Crippen molar-refractivity contribution >= 4 is 28.9 Å². The molecule has 0 bridgehead atoms. The molecule has 4 heteroatoms. The molecule has 0 amide bonds. The van der Waals surface area contributed by atoms with E-state index in [2.05, 4.69) is 11.9 Å². The van der Waals surface area contributed by atoms with E-state index in [1.54, 1.807) is 29.3 Å². The summed E-state index contributed by atoms with van der Waals surface area (Å²) in [6.45, 7) is 3.99. The molecule has 2 heterocycles. The molecule has 0 spiro atoms. The lowest BCUT2D eigenvalue weighted by Gasteiger charge is -2.03. The van der Waals surface area contributed by atoms with Gasteiger partial charge in [0.25, 0.3) is 0 Å². The van der Waals surface area contributed by atoms with E-state index in [4.69, 9.17) is 0 Å². The predicted molar refractivity (Wildman–Crippen MR) is 78.7 cm³/mol. The summed E-state index contributed by atoms with van der Waals surface area (Å²) in [5.74, 6) is 0.210. The topological polar surface area (TPSA) is 30.0 Å². The molecule has 0 fully saturated rings. The van der Waals surface area contributed by atoms with Gasteiger partial charge in [-0.25, -0.2) is 0 Å². The van der Waals surface area contributed by atoms with Crippen molar-refractivity contribution in [1.82, 2.24) is 4.98 Å². The lowest BCUT2D eigenvalue weighted by atomic mass is 10.0. The van der Waals surface area contributed by atoms with Gasteiger partial charge < -0.3 is 0 Å². The number of hydrogen-bond donors (Lipinski definition) is 0. The van der Waals surface area contributed by atoms with E-state index in [-0.39, 0.29) is 5.78 Å². The van der Waals surface area contributed by atoms with Crippen LogP contribution in [-0.4, -0.2) is 17.0 Å². The average molecular weight is 277 g/mol. The number of Topliss-reactive ketones (excluding diaryl/α,β-unsaturated/α-hetero) is 1. The minimum absolute atomic E-state index is 0.210. The van der Waals surface area contributed by atoms with Gasteiger partial charge in [0, 0.05) is 29.9 Å². The highest BCUT2D eigenvalue weighted by Gasteiger charge is 2.20. The smallest absolute Gasteiger partial charge is 0.173 e. The highest BCUT2D eigenvalue weighted by atomic mass is 32.2. The number of rotatable bonds is 4. The molecule has 2 rings (SSSR count). The minimum Gasteiger partial charge on any atom is -0.293 e. The van der Waals surface area contributed by atoms with Crippen molar-refractivity contribution in [2.24, 2.45) is 0 Å². The molecule has 0 aliphatic carbocycles. The van der Waals surface area contributed by atoms with Crippen LogP contribution in [-0.2, 0) is 0 Å². The monoisotopic (exact) mass is 277 g/mol. The van der Waals surface area contributed by atoms with Crippen molar-refractivity contribution in [3.8, 4) is 11.1 Å². The van der Waals surface area contributed by atoms with Crippen molar-refractivity contribution in [3.63, 3.8) is 0 Å². The van der Waals surface area contributed by atoms with Crippen LogP contribution in [0.3, 0.4) is 0 Å². The first kappa shape index (κ1) is 13.3. The molecule has 0 N–H and O–H groups in total. The summed E-state index contributed by atoms with van der Waals surface area (Å²) in [6, 6.07) is 3.92. The van der Waals surface area contributed by atoms with Crippen LogP contribution in [0.25, 0.3) is 11.1 Å². The predicted octanol–water partition coefficient (Wildman–Crippen LogP) is 4.43. The van der Waals surface area contributed by atoms with Crippen molar-refractivity contribution in [3.05, 3.63) is 35.0 Å². The number of carbonyl (C=O) groups excluding carboxylic acids is 1. The Balaban J connectivity index is 2.64. The number of carbonyl (C=O) groups is 1. The Bertz CT molecular complexity index is 561. The van der Waals surface area contributed by atoms with Crippen LogP contribution < -0.4 is 0 Å². The van der Waals surface area contributed by atoms with E-state index < -0.39 is 0 Å². The van der Waals surface area contributed by atoms with Gasteiger partial charge in [0.15, 0.2) is 5.78 Å². The highest BCUT2D eigenvalue weighted by molar-refractivity contribution is 8.00. The van der Waals surface area contributed by atoms with Gasteiger partial charge in [-0.1, -0.05) is 13.0 Å². The summed E-state index contributed by atoms with van der Waals surface area (Å²) >= 11 is 3.30. The second kappa shape index (κ2) is 5.67. The molecule has 2 nitrogen and oxygen atoms in total. The molecule has 0 radical (unpaired) electrons. The Kier molecular flexibility index (Phi) is 4.19. The number of aromatic nitrogens is 1. The Hall–Kier alpha value is -1.13. The summed E-state index contributed by atoms with van der Waals surface area (Å²) < 4.78 is 1.21. The van der Waals surface area contributed by atoms with Crippen LogP contribution >= 0.6 is 23.1 Å². The van der Waals surface area contributed by atoms with Gasteiger partial charge >= 0.3 is 0 Å². The van der Waals surface area contributed by atoms with Crippen molar-refractivity contribution in [1.29, 1.82) is 0 Å². The van der Waals surface area contributed by atoms with Crippen molar-refractivity contribution in [2.45, 2.75) is 24.5 Å². The minimum atomic E-state index is 0.210. The maximum Gasteiger partial charge on any atom is 0.173 e. The molecule has 18 heavy (non-hydrogen) atoms. The molecule has 0 saturated carbocycles. The number of ketones is 1. The second-order valence-corrected chi connectivity index (χ2v) is 6.04. The fourth-order valence-corrected chi connectivity index (χ4v) is 3.97. The molecule has 0 unspecified atom stereocenters. The van der Waals surface area contributed by atoms with Crippen LogP contribution in [0.5, 0.6) is 0 Å². The summed E-state index contributed by atoms with van der Waals surface area (Å²) in [7, 11) is 0. The normalized spacial score (nSPS) is 10.6. The van der Waals surface area contributed by atoms with E-state index in [9.17, 15) is 4.79 Å². The van der Waals surface area contributed by atoms with E-state index in [1.807, 2.05) is 31.5 Å².